The monoisotopic (exact) mass is 428 g/mol. The van der Waals surface area contributed by atoms with E-state index in [4.69, 9.17) is 14.2 Å². The van der Waals surface area contributed by atoms with Crippen LogP contribution in [0, 0.1) is 0 Å². The fourth-order valence-electron chi connectivity index (χ4n) is 2.98. The van der Waals surface area contributed by atoms with Gasteiger partial charge in [-0.05, 0) is 50.1 Å². The first-order chi connectivity index (χ1) is 14.9. The molecule has 0 spiro atoms. The molecule has 0 unspecified atom stereocenters. The van der Waals surface area contributed by atoms with E-state index in [0.29, 0.717) is 17.2 Å². The highest BCUT2D eigenvalue weighted by Gasteiger charge is 2.27. The number of carbonyl (C=O) groups is 2. The van der Waals surface area contributed by atoms with Crippen molar-refractivity contribution in [3.63, 3.8) is 0 Å². The number of nitrogens with one attached hydrogen (secondary N) is 1. The number of methoxy groups -OCH3 is 2. The molecule has 2 atom stereocenters. The lowest BCUT2D eigenvalue weighted by molar-refractivity contribution is -0.142. The summed E-state index contributed by atoms with van der Waals surface area (Å²) in [6.45, 7) is 5.68. The van der Waals surface area contributed by atoms with Crippen molar-refractivity contribution in [2.75, 3.05) is 20.8 Å². The van der Waals surface area contributed by atoms with Crippen LogP contribution >= 0.6 is 0 Å². The predicted octanol–water partition coefficient (Wildman–Crippen LogP) is 3.41. The predicted molar refractivity (Wildman–Crippen MR) is 119 cm³/mol. The van der Waals surface area contributed by atoms with E-state index < -0.39 is 6.04 Å². The third-order valence-corrected chi connectivity index (χ3v) is 5.08. The number of carbonyl (C=O) groups excluding carboxylic acids is 2. The van der Waals surface area contributed by atoms with Gasteiger partial charge in [-0.25, -0.2) is 0 Å². The second kappa shape index (κ2) is 11.8. The highest BCUT2D eigenvalue weighted by Crippen LogP contribution is 2.26. The van der Waals surface area contributed by atoms with Crippen molar-refractivity contribution < 1.29 is 23.8 Å². The topological polar surface area (TPSA) is 77.1 Å². The molecule has 0 saturated heterocycles. The third kappa shape index (κ3) is 6.91. The lowest BCUT2D eigenvalue weighted by Crippen LogP contribution is -2.50. The molecule has 2 aromatic carbocycles. The Bertz CT molecular complexity index is 871. The Morgan fingerprint density at radius 3 is 2.35 bits per heavy atom. The summed E-state index contributed by atoms with van der Waals surface area (Å²) in [5.74, 6) is 1.18. The molecule has 0 aromatic heterocycles. The van der Waals surface area contributed by atoms with Gasteiger partial charge in [0.1, 0.15) is 11.8 Å². The van der Waals surface area contributed by atoms with E-state index in [1.165, 1.54) is 4.90 Å². The van der Waals surface area contributed by atoms with Gasteiger partial charge >= 0.3 is 0 Å². The maximum absolute atomic E-state index is 13.1. The van der Waals surface area contributed by atoms with Gasteiger partial charge in [-0.2, -0.15) is 0 Å². The minimum Gasteiger partial charge on any atom is -0.497 e. The van der Waals surface area contributed by atoms with Crippen LogP contribution in [0.25, 0.3) is 0 Å². The summed E-state index contributed by atoms with van der Waals surface area (Å²) in [5, 5.41) is 2.95. The maximum atomic E-state index is 13.1. The highest BCUT2D eigenvalue weighted by atomic mass is 16.5. The minimum atomic E-state index is -0.672. The Morgan fingerprint density at radius 1 is 1.00 bits per heavy atom. The number of ether oxygens (including phenoxy) is 3. The lowest BCUT2D eigenvalue weighted by atomic mass is 10.1. The molecular formula is C24H32N2O5. The van der Waals surface area contributed by atoms with Gasteiger partial charge in [-0.1, -0.05) is 31.2 Å². The number of amides is 2. The van der Waals surface area contributed by atoms with Crippen LogP contribution in [0.15, 0.2) is 48.5 Å². The first kappa shape index (κ1) is 24.1. The third-order valence-electron chi connectivity index (χ3n) is 5.08. The summed E-state index contributed by atoms with van der Waals surface area (Å²) < 4.78 is 16.3. The second-order valence-corrected chi connectivity index (χ2v) is 7.31. The summed E-state index contributed by atoms with van der Waals surface area (Å²) in [6.07, 6.45) is 0.805. The summed E-state index contributed by atoms with van der Waals surface area (Å²) in [4.78, 5) is 27.4. The molecule has 0 aliphatic heterocycles. The average molecular weight is 429 g/mol. The Labute approximate surface area is 184 Å². The smallest absolute Gasteiger partial charge is 0.261 e. The summed E-state index contributed by atoms with van der Waals surface area (Å²) in [7, 11) is 3.13. The van der Waals surface area contributed by atoms with E-state index in [9.17, 15) is 9.59 Å². The molecule has 0 aliphatic carbocycles. The molecule has 7 heteroatoms. The van der Waals surface area contributed by atoms with Crippen molar-refractivity contribution in [1.29, 1.82) is 0 Å². The van der Waals surface area contributed by atoms with E-state index in [-0.39, 0.29) is 31.0 Å². The van der Waals surface area contributed by atoms with Crippen LogP contribution in [0.5, 0.6) is 17.2 Å². The lowest BCUT2D eigenvalue weighted by Gasteiger charge is -2.29. The van der Waals surface area contributed by atoms with Gasteiger partial charge in [0.15, 0.2) is 18.1 Å². The van der Waals surface area contributed by atoms with E-state index in [2.05, 4.69) is 5.32 Å². The van der Waals surface area contributed by atoms with E-state index in [1.807, 2.05) is 44.2 Å². The van der Waals surface area contributed by atoms with Gasteiger partial charge in [-0.15, -0.1) is 0 Å². The SMILES string of the molecule is CC[C@@H](C)NC(=O)[C@@H](C)N(Cc1cccc(OC)c1)C(=O)COc1ccccc1OC. The Kier molecular flexibility index (Phi) is 9.18. The molecule has 2 rings (SSSR count). The van der Waals surface area contributed by atoms with Gasteiger partial charge in [0, 0.05) is 12.6 Å². The summed E-state index contributed by atoms with van der Waals surface area (Å²) >= 11 is 0. The van der Waals surface area contributed by atoms with Crippen LogP contribution < -0.4 is 19.5 Å². The molecule has 168 valence electrons. The standard InChI is InChI=1S/C24H32N2O5/c1-6-17(2)25-24(28)18(3)26(15-19-10-9-11-20(14-19)29-4)23(27)16-31-22-13-8-7-12-21(22)30-5/h7-14,17-18H,6,15-16H2,1-5H3,(H,25,28)/t17-,18-/m1/s1. The summed E-state index contributed by atoms with van der Waals surface area (Å²) in [5.41, 5.74) is 0.855. The molecule has 0 radical (unpaired) electrons. The molecule has 0 saturated carbocycles. The Morgan fingerprint density at radius 2 is 1.71 bits per heavy atom. The van der Waals surface area contributed by atoms with Gasteiger partial charge in [-0.3, -0.25) is 9.59 Å². The molecule has 1 N–H and O–H groups in total. The van der Waals surface area contributed by atoms with Crippen molar-refractivity contribution in [3.8, 4) is 17.2 Å². The van der Waals surface area contributed by atoms with Crippen LogP contribution in [0.4, 0.5) is 0 Å². The van der Waals surface area contributed by atoms with Crippen LogP contribution in [0.1, 0.15) is 32.8 Å². The fraction of sp³-hybridized carbons (Fsp3) is 0.417. The van der Waals surface area contributed by atoms with Crippen LogP contribution in [-0.4, -0.2) is 49.6 Å². The fourth-order valence-corrected chi connectivity index (χ4v) is 2.98. The van der Waals surface area contributed by atoms with E-state index in [1.54, 1.807) is 39.3 Å². The molecule has 0 bridgehead atoms. The van der Waals surface area contributed by atoms with Gasteiger partial charge in [0.05, 0.1) is 14.2 Å². The van der Waals surface area contributed by atoms with Gasteiger partial charge < -0.3 is 24.4 Å². The van der Waals surface area contributed by atoms with Crippen LogP contribution in [-0.2, 0) is 16.1 Å². The van der Waals surface area contributed by atoms with Crippen molar-refractivity contribution in [1.82, 2.24) is 10.2 Å². The minimum absolute atomic E-state index is 0.0218. The van der Waals surface area contributed by atoms with E-state index in [0.717, 1.165) is 12.0 Å². The highest BCUT2D eigenvalue weighted by molar-refractivity contribution is 5.88. The van der Waals surface area contributed by atoms with Crippen molar-refractivity contribution in [2.24, 2.45) is 0 Å². The number of hydrogen-bond acceptors (Lipinski definition) is 5. The van der Waals surface area contributed by atoms with Crippen LogP contribution in [0.3, 0.4) is 0 Å². The zero-order valence-corrected chi connectivity index (χ0v) is 18.9. The second-order valence-electron chi connectivity index (χ2n) is 7.31. The van der Waals surface area contributed by atoms with Crippen molar-refractivity contribution in [3.05, 3.63) is 54.1 Å². The summed E-state index contributed by atoms with van der Waals surface area (Å²) in [6, 6.07) is 13.9. The quantitative estimate of drug-likeness (QED) is 0.594. The number of para-hydroxylation sites is 2. The van der Waals surface area contributed by atoms with Crippen molar-refractivity contribution in [2.45, 2.75) is 45.8 Å². The number of nitrogens with zero attached hydrogens (tertiary/aromatic N) is 1. The van der Waals surface area contributed by atoms with Crippen LogP contribution in [0.2, 0.25) is 0 Å². The van der Waals surface area contributed by atoms with Crippen molar-refractivity contribution >= 4 is 11.8 Å². The Balaban J connectivity index is 2.20. The normalized spacial score (nSPS) is 12.4. The zero-order chi connectivity index (χ0) is 22.8. The molecule has 2 amide bonds. The molecular weight excluding hydrogens is 396 g/mol. The first-order valence-electron chi connectivity index (χ1n) is 10.4. The maximum Gasteiger partial charge on any atom is 0.261 e. The number of benzene rings is 2. The number of rotatable bonds is 11. The Hall–Kier alpha value is -3.22. The first-order valence-corrected chi connectivity index (χ1v) is 10.4. The largest absolute Gasteiger partial charge is 0.497 e. The van der Waals surface area contributed by atoms with E-state index >= 15 is 0 Å². The molecule has 0 aliphatic rings. The molecule has 0 fully saturated rings. The molecule has 31 heavy (non-hydrogen) atoms. The average Bonchev–Trinajstić information content (AvgIpc) is 2.80. The molecule has 0 heterocycles. The number of hydrogen-bond donors (Lipinski definition) is 1. The molecule has 7 nitrogen and oxygen atoms in total. The molecule has 2 aromatic rings. The van der Waals surface area contributed by atoms with Gasteiger partial charge in [0.25, 0.3) is 5.91 Å². The van der Waals surface area contributed by atoms with Gasteiger partial charge in [0.2, 0.25) is 5.91 Å². The zero-order valence-electron chi connectivity index (χ0n) is 18.9.